The molecule has 0 bridgehead atoms. The Morgan fingerprint density at radius 1 is 1.28 bits per heavy atom. The van der Waals surface area contributed by atoms with Crippen LogP contribution in [0.25, 0.3) is 17.0 Å². The van der Waals surface area contributed by atoms with E-state index in [2.05, 4.69) is 25.5 Å². The third-order valence-electron chi connectivity index (χ3n) is 3.93. The summed E-state index contributed by atoms with van der Waals surface area (Å²) in [5.41, 5.74) is 0.986. The van der Waals surface area contributed by atoms with E-state index >= 15 is 0 Å². The van der Waals surface area contributed by atoms with Crippen LogP contribution in [0, 0.1) is 0 Å². The maximum atomic E-state index is 11.7. The molecule has 4 aromatic rings. The van der Waals surface area contributed by atoms with E-state index in [-0.39, 0.29) is 17.2 Å². The number of aromatic nitrogens is 5. The molecule has 4 rings (SSSR count). The number of nitrogens with one attached hydrogen (secondary N) is 2. The standard InChI is InChI=1S/C17H16N6O2/c1-11(17-20-9-13(25-17)12-5-3-2-4-6-12)19-10-14-21-22-15-16(24)18-7-8-23(14)15/h2-9,11,19H,10H2,1H3,(H,18,24). The van der Waals surface area contributed by atoms with E-state index in [4.69, 9.17) is 4.42 Å². The molecule has 8 nitrogen and oxygen atoms in total. The number of nitrogens with zero attached hydrogens (tertiary/aromatic N) is 4. The lowest BCUT2D eigenvalue weighted by Gasteiger charge is -2.09. The van der Waals surface area contributed by atoms with Gasteiger partial charge in [-0.2, -0.15) is 0 Å². The van der Waals surface area contributed by atoms with Crippen LogP contribution >= 0.6 is 0 Å². The van der Waals surface area contributed by atoms with Crippen LogP contribution in [-0.2, 0) is 6.54 Å². The first-order valence-corrected chi connectivity index (χ1v) is 7.88. The molecule has 0 spiro atoms. The molecule has 0 amide bonds. The molecular formula is C17H16N6O2. The van der Waals surface area contributed by atoms with E-state index < -0.39 is 0 Å². The lowest BCUT2D eigenvalue weighted by atomic mass is 10.2. The fourth-order valence-electron chi connectivity index (χ4n) is 2.56. The second-order valence-electron chi connectivity index (χ2n) is 5.63. The minimum Gasteiger partial charge on any atom is -0.439 e. The summed E-state index contributed by atoms with van der Waals surface area (Å²) in [6.45, 7) is 2.38. The molecule has 0 saturated heterocycles. The zero-order valence-electron chi connectivity index (χ0n) is 13.5. The summed E-state index contributed by atoms with van der Waals surface area (Å²) in [7, 11) is 0. The number of fused-ring (bicyclic) bond motifs is 1. The van der Waals surface area contributed by atoms with Crippen LogP contribution < -0.4 is 10.9 Å². The third kappa shape index (κ3) is 2.94. The van der Waals surface area contributed by atoms with Crippen molar-refractivity contribution in [3.8, 4) is 11.3 Å². The maximum absolute atomic E-state index is 11.7. The van der Waals surface area contributed by atoms with Gasteiger partial charge in [0.05, 0.1) is 18.8 Å². The third-order valence-corrected chi connectivity index (χ3v) is 3.93. The Bertz CT molecular complexity index is 1050. The maximum Gasteiger partial charge on any atom is 0.293 e. The van der Waals surface area contributed by atoms with E-state index in [0.29, 0.717) is 18.3 Å². The molecule has 2 N–H and O–H groups in total. The predicted octanol–water partition coefficient (Wildman–Crippen LogP) is 1.92. The van der Waals surface area contributed by atoms with E-state index in [1.807, 2.05) is 37.3 Å². The molecule has 25 heavy (non-hydrogen) atoms. The van der Waals surface area contributed by atoms with Gasteiger partial charge >= 0.3 is 0 Å². The van der Waals surface area contributed by atoms with Crippen molar-refractivity contribution in [2.75, 3.05) is 0 Å². The van der Waals surface area contributed by atoms with Crippen LogP contribution in [0.5, 0.6) is 0 Å². The molecular weight excluding hydrogens is 320 g/mol. The van der Waals surface area contributed by atoms with Crippen LogP contribution in [0.2, 0.25) is 0 Å². The molecule has 0 radical (unpaired) electrons. The molecule has 3 heterocycles. The summed E-state index contributed by atoms with van der Waals surface area (Å²) >= 11 is 0. The van der Waals surface area contributed by atoms with Crippen molar-refractivity contribution >= 4 is 5.65 Å². The van der Waals surface area contributed by atoms with Gasteiger partial charge in [0.1, 0.15) is 0 Å². The van der Waals surface area contributed by atoms with Gasteiger partial charge in [0.25, 0.3) is 5.56 Å². The Morgan fingerprint density at radius 2 is 2.12 bits per heavy atom. The summed E-state index contributed by atoms with van der Waals surface area (Å²) in [4.78, 5) is 18.6. The molecule has 1 atom stereocenters. The minimum absolute atomic E-state index is 0.119. The van der Waals surface area contributed by atoms with Crippen LogP contribution in [0.1, 0.15) is 24.7 Å². The quantitative estimate of drug-likeness (QED) is 0.577. The van der Waals surface area contributed by atoms with Crippen molar-refractivity contribution < 1.29 is 4.42 Å². The molecule has 1 unspecified atom stereocenters. The van der Waals surface area contributed by atoms with Crippen LogP contribution in [0.4, 0.5) is 0 Å². The number of benzene rings is 1. The van der Waals surface area contributed by atoms with Crippen molar-refractivity contribution in [1.29, 1.82) is 0 Å². The van der Waals surface area contributed by atoms with Gasteiger partial charge in [0, 0.05) is 18.0 Å². The zero-order valence-corrected chi connectivity index (χ0v) is 13.5. The van der Waals surface area contributed by atoms with Crippen molar-refractivity contribution in [3.63, 3.8) is 0 Å². The first kappa shape index (κ1) is 15.3. The Labute approximate surface area is 142 Å². The van der Waals surface area contributed by atoms with Crippen LogP contribution in [0.3, 0.4) is 0 Å². The summed E-state index contributed by atoms with van der Waals surface area (Å²) in [5, 5.41) is 11.2. The molecule has 0 saturated carbocycles. The first-order chi connectivity index (χ1) is 12.2. The Morgan fingerprint density at radius 3 is 2.96 bits per heavy atom. The highest BCUT2D eigenvalue weighted by atomic mass is 16.4. The number of hydrogen-bond acceptors (Lipinski definition) is 6. The highest BCUT2D eigenvalue weighted by molar-refractivity contribution is 5.55. The molecule has 0 aliphatic heterocycles. The number of oxazole rings is 1. The molecule has 126 valence electrons. The lowest BCUT2D eigenvalue weighted by molar-refractivity contribution is 0.418. The van der Waals surface area contributed by atoms with E-state index in [9.17, 15) is 4.79 Å². The molecule has 1 aromatic carbocycles. The van der Waals surface area contributed by atoms with Gasteiger partial charge in [-0.25, -0.2) is 4.98 Å². The zero-order chi connectivity index (χ0) is 17.2. The Balaban J connectivity index is 1.49. The number of hydrogen-bond donors (Lipinski definition) is 2. The summed E-state index contributed by atoms with van der Waals surface area (Å²) in [6.07, 6.45) is 5.00. The lowest BCUT2D eigenvalue weighted by Crippen LogP contribution is -2.20. The molecule has 0 aliphatic rings. The molecule has 3 aromatic heterocycles. The summed E-state index contributed by atoms with van der Waals surface area (Å²) < 4.78 is 7.49. The van der Waals surface area contributed by atoms with Gasteiger partial charge in [-0.15, -0.1) is 10.2 Å². The second-order valence-corrected chi connectivity index (χ2v) is 5.63. The highest BCUT2D eigenvalue weighted by Crippen LogP contribution is 2.22. The van der Waals surface area contributed by atoms with Crippen molar-refractivity contribution in [2.24, 2.45) is 0 Å². The summed E-state index contributed by atoms with van der Waals surface area (Å²) in [5.74, 6) is 1.96. The van der Waals surface area contributed by atoms with Crippen molar-refractivity contribution in [1.82, 2.24) is 29.9 Å². The van der Waals surface area contributed by atoms with Gasteiger partial charge in [-0.3, -0.25) is 14.5 Å². The molecule has 8 heteroatoms. The van der Waals surface area contributed by atoms with E-state index in [0.717, 1.165) is 11.3 Å². The average Bonchev–Trinajstić information content (AvgIpc) is 3.29. The molecule has 0 aliphatic carbocycles. The van der Waals surface area contributed by atoms with E-state index in [1.54, 1.807) is 23.0 Å². The fourth-order valence-corrected chi connectivity index (χ4v) is 2.56. The monoisotopic (exact) mass is 336 g/mol. The SMILES string of the molecule is CC(NCc1nnc2c(=O)[nH]ccn12)c1ncc(-c2ccccc2)o1. The first-order valence-electron chi connectivity index (χ1n) is 7.88. The van der Waals surface area contributed by atoms with Crippen LogP contribution in [0.15, 0.2) is 58.1 Å². The van der Waals surface area contributed by atoms with Gasteiger partial charge in [-0.1, -0.05) is 30.3 Å². The number of H-pyrrole nitrogens is 1. The topological polar surface area (TPSA) is 101 Å². The summed E-state index contributed by atoms with van der Waals surface area (Å²) in [6, 6.07) is 9.70. The van der Waals surface area contributed by atoms with Crippen molar-refractivity contribution in [3.05, 3.63) is 71.0 Å². The van der Waals surface area contributed by atoms with Gasteiger partial charge in [-0.05, 0) is 6.92 Å². The van der Waals surface area contributed by atoms with Crippen molar-refractivity contribution in [2.45, 2.75) is 19.5 Å². The Hall–Kier alpha value is -3.26. The fraction of sp³-hybridized carbons (Fsp3) is 0.176. The normalized spacial score (nSPS) is 12.5. The second kappa shape index (κ2) is 6.33. The minimum atomic E-state index is -0.269. The number of aromatic amines is 1. The highest BCUT2D eigenvalue weighted by Gasteiger charge is 2.15. The smallest absolute Gasteiger partial charge is 0.293 e. The average molecular weight is 336 g/mol. The predicted molar refractivity (Wildman–Crippen MR) is 90.8 cm³/mol. The Kier molecular flexibility index (Phi) is 3.87. The van der Waals surface area contributed by atoms with Crippen LogP contribution in [-0.4, -0.2) is 24.6 Å². The van der Waals surface area contributed by atoms with Gasteiger partial charge in [0.2, 0.25) is 11.5 Å². The van der Waals surface area contributed by atoms with E-state index in [1.165, 1.54) is 0 Å². The number of rotatable bonds is 5. The van der Waals surface area contributed by atoms with Gasteiger partial charge < -0.3 is 9.40 Å². The molecule has 0 fully saturated rings. The largest absolute Gasteiger partial charge is 0.439 e. The van der Waals surface area contributed by atoms with Gasteiger partial charge in [0.15, 0.2) is 11.6 Å².